The van der Waals surface area contributed by atoms with Crippen LogP contribution in [-0.4, -0.2) is 21.6 Å². The van der Waals surface area contributed by atoms with E-state index in [0.29, 0.717) is 0 Å². The zero-order valence-electron chi connectivity index (χ0n) is 17.6. The predicted octanol–water partition coefficient (Wildman–Crippen LogP) is 6.40. The number of rotatable bonds is 4. The van der Waals surface area contributed by atoms with Crippen molar-refractivity contribution in [3.05, 3.63) is 46.8 Å². The third-order valence-corrected chi connectivity index (χ3v) is 27.8. The molecule has 0 saturated carbocycles. The van der Waals surface area contributed by atoms with Crippen molar-refractivity contribution < 1.29 is 23.2 Å². The molecule has 0 amide bonds. The summed E-state index contributed by atoms with van der Waals surface area (Å²) in [6, 6.07) is 0. The Balaban J connectivity index is 0.00000264. The first-order valence-corrected chi connectivity index (χ1v) is 24.5. The molecule has 0 aromatic rings. The molecule has 0 bridgehead atoms. The van der Waals surface area contributed by atoms with Crippen molar-refractivity contribution in [3.63, 3.8) is 0 Å². The van der Waals surface area contributed by atoms with Crippen molar-refractivity contribution in [2.45, 2.75) is 59.6 Å². The van der Waals surface area contributed by atoms with Gasteiger partial charge in [0.25, 0.3) is 0 Å². The van der Waals surface area contributed by atoms with Gasteiger partial charge in [0.05, 0.1) is 0 Å². The van der Waals surface area contributed by atoms with Crippen molar-refractivity contribution >= 4 is 21.6 Å². The molecule has 0 heterocycles. The van der Waals surface area contributed by atoms with Gasteiger partial charge in [-0.05, 0) is 0 Å². The number of hydrogen-bond acceptors (Lipinski definition) is 0. The van der Waals surface area contributed by atoms with Crippen LogP contribution in [0.5, 0.6) is 0 Å². The fourth-order valence-corrected chi connectivity index (χ4v) is 24.3. The minimum Gasteiger partial charge on any atom is -1.00 e. The first-order chi connectivity index (χ1) is 10.00. The predicted molar refractivity (Wildman–Crippen MR) is 108 cm³/mol. The normalized spacial score (nSPS) is 24.1. The van der Waals surface area contributed by atoms with Gasteiger partial charge >= 0.3 is 148 Å². The van der Waals surface area contributed by atoms with E-state index >= 15 is 0 Å². The second kappa shape index (κ2) is 6.78. The van der Waals surface area contributed by atoms with Crippen molar-refractivity contribution in [2.24, 2.45) is 0 Å². The molecule has 122 valence electrons. The average molecular weight is 426 g/mol. The van der Waals surface area contributed by atoms with Crippen LogP contribution < -0.4 is 0 Å². The maximum Gasteiger partial charge on any atom is -1.00 e. The summed E-state index contributed by atoms with van der Waals surface area (Å²) in [7, 11) is -2.28. The smallest absolute Gasteiger partial charge is 1.00 e. The van der Waals surface area contributed by atoms with Gasteiger partial charge in [-0.2, -0.15) is 0 Å². The van der Waals surface area contributed by atoms with Crippen LogP contribution in [0.4, 0.5) is 0 Å². The minimum atomic E-state index is -1.49. The van der Waals surface area contributed by atoms with Gasteiger partial charge in [0.1, 0.15) is 0 Å². The molecule has 4 heteroatoms. The molecule has 2 aliphatic carbocycles. The van der Waals surface area contributed by atoms with Gasteiger partial charge in [-0.25, -0.2) is 0 Å². The largest absolute Gasteiger partial charge is 1.00 e. The summed E-state index contributed by atoms with van der Waals surface area (Å²) in [5.41, 5.74) is -0.139. The molecule has 2 rings (SSSR count). The Bertz CT molecular complexity index is 565. The molecule has 0 fully saturated rings. The summed E-state index contributed by atoms with van der Waals surface area (Å²) in [6.45, 7) is 20.1. The Hall–Kier alpha value is 0.494. The summed E-state index contributed by atoms with van der Waals surface area (Å²) >= 11 is -1.49. The van der Waals surface area contributed by atoms with Gasteiger partial charge in [0.15, 0.2) is 0 Å². The van der Waals surface area contributed by atoms with Crippen molar-refractivity contribution in [1.29, 1.82) is 0 Å². The van der Waals surface area contributed by atoms with Gasteiger partial charge < -0.3 is 2.85 Å². The van der Waals surface area contributed by atoms with Gasteiger partial charge in [0.2, 0.25) is 0 Å². The van der Waals surface area contributed by atoms with E-state index in [0.717, 1.165) is 7.25 Å². The molecular weight excluding hydrogens is 392 g/mol. The molecule has 2 atom stereocenters. The number of allylic oxidation sites excluding steroid dienone is 8. The molecule has 0 radical (unpaired) electrons. The summed E-state index contributed by atoms with van der Waals surface area (Å²) < 4.78 is 1.72. The van der Waals surface area contributed by atoms with E-state index in [1.807, 2.05) is 0 Å². The zero-order chi connectivity index (χ0) is 16.7. The Morgan fingerprint density at radius 1 is 0.818 bits per heavy atom. The van der Waals surface area contributed by atoms with E-state index in [9.17, 15) is 0 Å². The zero-order valence-corrected chi connectivity index (χ0v) is 21.1. The topological polar surface area (TPSA) is 0 Å². The second-order valence-corrected chi connectivity index (χ2v) is 37.4. The summed E-state index contributed by atoms with van der Waals surface area (Å²) in [6.07, 6.45) is 15.6. The molecular formula is C18H34Si3Zr. The van der Waals surface area contributed by atoms with E-state index < -0.39 is 36.5 Å². The summed E-state index contributed by atoms with van der Waals surface area (Å²) in [4.78, 5) is 0. The molecule has 0 spiro atoms. The summed E-state index contributed by atoms with van der Waals surface area (Å²) in [5, 5.41) is 3.41. The monoisotopic (exact) mass is 424 g/mol. The van der Waals surface area contributed by atoms with Crippen molar-refractivity contribution in [3.8, 4) is 0 Å². The van der Waals surface area contributed by atoms with E-state index in [1.54, 1.807) is 10.4 Å². The minimum absolute atomic E-state index is 0. The Morgan fingerprint density at radius 2 is 1.18 bits per heavy atom. The van der Waals surface area contributed by atoms with E-state index in [4.69, 9.17) is 0 Å². The third kappa shape index (κ3) is 4.31. The maximum absolute atomic E-state index is 2.70. The van der Waals surface area contributed by atoms with Crippen LogP contribution in [0.15, 0.2) is 46.8 Å². The third-order valence-electron chi connectivity index (χ3n) is 4.71. The van der Waals surface area contributed by atoms with Gasteiger partial charge in [-0.1, -0.05) is 0 Å². The molecule has 2 unspecified atom stereocenters. The van der Waals surface area contributed by atoms with Gasteiger partial charge in [-0.15, -0.1) is 0 Å². The fourth-order valence-electron chi connectivity index (χ4n) is 3.30. The van der Waals surface area contributed by atoms with Crippen LogP contribution >= 0.6 is 0 Å². The molecule has 0 nitrogen and oxygen atoms in total. The average Bonchev–Trinajstić information content (AvgIpc) is 2.95. The van der Waals surface area contributed by atoms with Crippen LogP contribution in [-0.2, 0) is 20.4 Å². The van der Waals surface area contributed by atoms with Crippen LogP contribution in [0.1, 0.15) is 2.85 Å². The van der Waals surface area contributed by atoms with Crippen LogP contribution in [0.25, 0.3) is 0 Å². The first-order valence-electron chi connectivity index (χ1n) is 8.48. The standard InChI is InChI=1S/2C8H13Si.C2H6Si.Zr.2H/c2*1-9(2,3)8-6-4-5-7-8;1-3-2;;;/h2*4-7H,1-3H3;1-2H3;;;/q;;;+2;2*-1. The molecule has 0 aromatic heterocycles. The van der Waals surface area contributed by atoms with E-state index in [2.05, 4.69) is 88.8 Å². The molecule has 0 aliphatic heterocycles. The first kappa shape index (κ1) is 18.8. The van der Waals surface area contributed by atoms with Crippen LogP contribution in [0, 0.1) is 0 Å². The number of hydrogen-bond donors (Lipinski definition) is 0. The van der Waals surface area contributed by atoms with Crippen molar-refractivity contribution in [2.75, 3.05) is 0 Å². The Labute approximate surface area is 150 Å². The van der Waals surface area contributed by atoms with Crippen molar-refractivity contribution in [1.82, 2.24) is 0 Å². The molecule has 2 aliphatic rings. The van der Waals surface area contributed by atoms with Crippen LogP contribution in [0.2, 0.25) is 59.6 Å². The van der Waals surface area contributed by atoms with Crippen LogP contribution in [0.3, 0.4) is 0 Å². The van der Waals surface area contributed by atoms with E-state index in [1.165, 1.54) is 0 Å². The van der Waals surface area contributed by atoms with Gasteiger partial charge in [-0.3, -0.25) is 0 Å². The fraction of sp³-hybridized carbons (Fsp3) is 0.556. The Morgan fingerprint density at radius 3 is 1.41 bits per heavy atom. The Kier molecular flexibility index (Phi) is 5.80. The maximum atomic E-state index is 2.70. The quantitative estimate of drug-likeness (QED) is 0.457. The van der Waals surface area contributed by atoms with E-state index in [-0.39, 0.29) is 8.29 Å². The second-order valence-electron chi connectivity index (χ2n) is 8.97. The molecule has 0 saturated heterocycles. The SMILES string of the molecule is C[Si](C)=[Zr+2]([CH]1C=CC([Si](C)(C)C)=C1)[CH]1C=CC([Si](C)(C)C)=C1.[H-].[H-]. The van der Waals surface area contributed by atoms with Gasteiger partial charge in [0, 0.05) is 0 Å². The molecule has 0 N–H and O–H groups in total. The molecule has 0 aromatic carbocycles. The molecule has 22 heavy (non-hydrogen) atoms. The summed E-state index contributed by atoms with van der Waals surface area (Å²) in [5.74, 6) is 0.